The Labute approximate surface area is 97.6 Å². The molecule has 0 saturated carbocycles. The zero-order valence-electron chi connectivity index (χ0n) is 9.10. The molecule has 0 bridgehead atoms. The van der Waals surface area contributed by atoms with E-state index in [1.807, 2.05) is 0 Å². The Kier molecular flexibility index (Phi) is 4.01. The third kappa shape index (κ3) is 1.76. The monoisotopic (exact) mass is 247 g/mol. The highest BCUT2D eigenvalue weighted by Gasteiger charge is 2.62. The Hall–Kier alpha value is -1.21. The molecule has 1 atom stereocenters. The van der Waals surface area contributed by atoms with E-state index in [-0.39, 0.29) is 0 Å². The van der Waals surface area contributed by atoms with E-state index in [9.17, 15) is 19.2 Å². The van der Waals surface area contributed by atoms with Crippen LogP contribution in [0, 0.1) is 0 Å². The Balaban J connectivity index is 6.05. The largest absolute Gasteiger partial charge is 0.479 e. The van der Waals surface area contributed by atoms with Crippen molar-refractivity contribution in [3.63, 3.8) is 0 Å². The van der Waals surface area contributed by atoms with Crippen molar-refractivity contribution in [2.45, 2.75) is 31.1 Å². The number of carbonyl (C=O) groups excluding carboxylic acids is 3. The van der Waals surface area contributed by atoms with Gasteiger partial charge < -0.3 is 10.8 Å². The molecule has 0 rings (SSSR count). The summed E-state index contributed by atoms with van der Waals surface area (Å²) in [4.78, 5) is 45.1. The Morgan fingerprint density at radius 2 is 1.31 bits per heavy atom. The fraction of sp³-hybridized carbons (Fsp3) is 0.556. The van der Waals surface area contributed by atoms with E-state index in [4.69, 9.17) is 10.8 Å². The molecule has 0 fully saturated rings. The first kappa shape index (κ1) is 14.8. The molecule has 0 amide bonds. The number of thiol groups is 1. The highest BCUT2D eigenvalue weighted by molar-refractivity contribution is 7.84. The number of carbonyl (C=O) groups is 4. The lowest BCUT2D eigenvalue weighted by atomic mass is 9.76. The van der Waals surface area contributed by atoms with E-state index in [0.29, 0.717) is 0 Å². The number of hydrogen-bond acceptors (Lipinski definition) is 6. The third-order valence-corrected chi connectivity index (χ3v) is 3.46. The van der Waals surface area contributed by atoms with Crippen LogP contribution in [0.15, 0.2) is 0 Å². The van der Waals surface area contributed by atoms with Crippen molar-refractivity contribution in [2.24, 2.45) is 5.73 Å². The van der Waals surface area contributed by atoms with Crippen LogP contribution in [-0.4, -0.2) is 38.7 Å². The first-order valence-corrected chi connectivity index (χ1v) is 4.75. The molecule has 0 aliphatic rings. The quantitative estimate of drug-likeness (QED) is 0.433. The maximum absolute atomic E-state index is 11.4. The second-order valence-electron chi connectivity index (χ2n) is 3.49. The van der Waals surface area contributed by atoms with E-state index in [0.717, 1.165) is 20.8 Å². The summed E-state index contributed by atoms with van der Waals surface area (Å²) in [5, 5.41) is 8.94. The minimum absolute atomic E-state index is 0.886. The normalized spacial score (nSPS) is 15.1. The van der Waals surface area contributed by atoms with Gasteiger partial charge in [-0.05, 0) is 20.8 Å². The smallest absolute Gasteiger partial charge is 0.333 e. The van der Waals surface area contributed by atoms with Gasteiger partial charge in [0, 0.05) is 0 Å². The maximum Gasteiger partial charge on any atom is 0.333 e. The van der Waals surface area contributed by atoms with Crippen LogP contribution in [0.3, 0.4) is 0 Å². The Morgan fingerprint density at radius 3 is 1.38 bits per heavy atom. The van der Waals surface area contributed by atoms with Gasteiger partial charge in [0.2, 0.25) is 5.54 Å². The Morgan fingerprint density at radius 1 is 1.00 bits per heavy atom. The minimum Gasteiger partial charge on any atom is -0.479 e. The van der Waals surface area contributed by atoms with Crippen LogP contribution in [0.2, 0.25) is 0 Å². The Bertz CT molecular complexity index is 312. The van der Waals surface area contributed by atoms with Crippen LogP contribution in [0.25, 0.3) is 0 Å². The number of ketones is 3. The van der Waals surface area contributed by atoms with E-state index in [2.05, 4.69) is 12.6 Å². The number of hydrogen-bond donors (Lipinski definition) is 3. The van der Waals surface area contributed by atoms with Gasteiger partial charge in [0.25, 0.3) is 0 Å². The topological polar surface area (TPSA) is 115 Å². The van der Waals surface area contributed by atoms with Gasteiger partial charge in [-0.2, -0.15) is 12.6 Å². The molecule has 16 heavy (non-hydrogen) atoms. The van der Waals surface area contributed by atoms with E-state index < -0.39 is 33.6 Å². The van der Waals surface area contributed by atoms with Crippen molar-refractivity contribution in [2.75, 3.05) is 0 Å². The van der Waals surface area contributed by atoms with Crippen molar-refractivity contribution < 1.29 is 24.3 Å². The third-order valence-electron chi connectivity index (χ3n) is 2.48. The lowest BCUT2D eigenvalue weighted by Gasteiger charge is -2.36. The zero-order chi connectivity index (χ0) is 13.3. The summed E-state index contributed by atoms with van der Waals surface area (Å²) in [6, 6.07) is 0. The standard InChI is InChI=1S/C9H13NO5S/c1-4(11)8(10,7(14)15)9(16,5(2)12)6(3)13/h16H,10H2,1-3H3,(H,14,15)/t8-/m1/s1. The molecule has 0 aliphatic heterocycles. The summed E-state index contributed by atoms with van der Waals surface area (Å²) in [5.74, 6) is -4.55. The number of rotatable bonds is 5. The van der Waals surface area contributed by atoms with Gasteiger partial charge in [-0.3, -0.25) is 14.4 Å². The number of Topliss-reactive ketones (excluding diaryl/α,β-unsaturated/α-hetero) is 3. The number of carboxylic acids is 1. The van der Waals surface area contributed by atoms with Crippen LogP contribution < -0.4 is 5.73 Å². The van der Waals surface area contributed by atoms with Crippen LogP contribution in [-0.2, 0) is 19.2 Å². The van der Waals surface area contributed by atoms with Gasteiger partial charge in [0.15, 0.2) is 22.1 Å². The number of aliphatic carboxylic acids is 1. The summed E-state index contributed by atoms with van der Waals surface area (Å²) in [6.07, 6.45) is 0. The van der Waals surface area contributed by atoms with Gasteiger partial charge in [-0.1, -0.05) is 0 Å². The zero-order valence-corrected chi connectivity index (χ0v) is 10.00. The summed E-state index contributed by atoms with van der Waals surface area (Å²) in [5.41, 5.74) is 2.74. The number of carboxylic acid groups (broad SMARTS) is 1. The molecule has 0 heterocycles. The summed E-state index contributed by atoms with van der Waals surface area (Å²) < 4.78 is -2.36. The second-order valence-corrected chi connectivity index (χ2v) is 4.16. The van der Waals surface area contributed by atoms with Crippen LogP contribution >= 0.6 is 12.6 Å². The van der Waals surface area contributed by atoms with Gasteiger partial charge in [0.1, 0.15) is 0 Å². The molecule has 0 aromatic carbocycles. The summed E-state index contributed by atoms with van der Waals surface area (Å²) in [7, 11) is 0. The molecular formula is C9H13NO5S. The van der Waals surface area contributed by atoms with Crippen LogP contribution in [0.1, 0.15) is 20.8 Å². The predicted molar refractivity (Wildman–Crippen MR) is 58.3 cm³/mol. The summed E-state index contributed by atoms with van der Waals surface area (Å²) in [6.45, 7) is 2.81. The molecule has 0 aliphatic carbocycles. The van der Waals surface area contributed by atoms with Crippen molar-refractivity contribution in [1.82, 2.24) is 0 Å². The molecular weight excluding hydrogens is 234 g/mol. The second kappa shape index (κ2) is 4.34. The van der Waals surface area contributed by atoms with Crippen molar-refractivity contribution in [3.8, 4) is 0 Å². The molecule has 0 spiro atoms. The van der Waals surface area contributed by atoms with Gasteiger partial charge in [-0.25, -0.2) is 4.79 Å². The molecule has 0 saturated heterocycles. The van der Waals surface area contributed by atoms with E-state index in [1.165, 1.54) is 0 Å². The number of nitrogens with two attached hydrogens (primary N) is 1. The molecule has 6 nitrogen and oxygen atoms in total. The maximum atomic E-state index is 11.4. The first-order valence-electron chi connectivity index (χ1n) is 4.30. The first-order chi connectivity index (χ1) is 7.02. The summed E-state index contributed by atoms with van der Waals surface area (Å²) >= 11 is 3.74. The van der Waals surface area contributed by atoms with E-state index in [1.54, 1.807) is 0 Å². The van der Waals surface area contributed by atoms with Gasteiger partial charge >= 0.3 is 5.97 Å². The molecule has 0 aromatic heterocycles. The molecule has 90 valence electrons. The molecule has 7 heteroatoms. The van der Waals surface area contributed by atoms with Crippen LogP contribution in [0.5, 0.6) is 0 Å². The van der Waals surface area contributed by atoms with Crippen molar-refractivity contribution in [3.05, 3.63) is 0 Å². The van der Waals surface area contributed by atoms with Crippen molar-refractivity contribution in [1.29, 1.82) is 0 Å². The highest BCUT2D eigenvalue weighted by atomic mass is 32.1. The molecule has 0 unspecified atom stereocenters. The van der Waals surface area contributed by atoms with Gasteiger partial charge in [0.05, 0.1) is 0 Å². The predicted octanol–water partition coefficient (Wildman–Crippen LogP) is -0.796. The average Bonchev–Trinajstić information content (AvgIpc) is 2.13. The van der Waals surface area contributed by atoms with Crippen molar-refractivity contribution >= 4 is 35.9 Å². The molecule has 3 N–H and O–H groups in total. The van der Waals surface area contributed by atoms with E-state index >= 15 is 0 Å². The lowest BCUT2D eigenvalue weighted by molar-refractivity contribution is -0.154. The van der Waals surface area contributed by atoms with Crippen LogP contribution in [0.4, 0.5) is 0 Å². The molecule has 0 radical (unpaired) electrons. The highest BCUT2D eigenvalue weighted by Crippen LogP contribution is 2.31. The fourth-order valence-electron chi connectivity index (χ4n) is 1.36. The minimum atomic E-state index is -2.66. The fourth-order valence-corrected chi connectivity index (χ4v) is 1.62. The SMILES string of the molecule is CC(=O)C(S)(C(C)=O)[C@@](N)(C(C)=O)C(=O)O. The lowest BCUT2D eigenvalue weighted by Crippen LogP contribution is -2.72. The average molecular weight is 247 g/mol. The van der Waals surface area contributed by atoms with Gasteiger partial charge in [-0.15, -0.1) is 0 Å². The molecule has 0 aromatic rings.